The Hall–Kier alpha value is -1.77. The Balaban J connectivity index is 1.81. The van der Waals surface area contributed by atoms with Gasteiger partial charge in [-0.2, -0.15) is 0 Å². The Kier molecular flexibility index (Phi) is 4.59. The first-order valence-corrected chi connectivity index (χ1v) is 8.26. The van der Waals surface area contributed by atoms with E-state index in [9.17, 15) is 0 Å². The number of hydrogen-bond donors (Lipinski definition) is 1. The number of rotatable bonds is 5. The van der Waals surface area contributed by atoms with Gasteiger partial charge in [-0.1, -0.05) is 50.8 Å². The zero-order valence-electron chi connectivity index (χ0n) is 12.9. The lowest BCUT2D eigenvalue weighted by Gasteiger charge is -2.25. The van der Waals surface area contributed by atoms with Crippen LogP contribution in [0.3, 0.4) is 0 Å². The fourth-order valence-electron chi connectivity index (χ4n) is 3.31. The van der Waals surface area contributed by atoms with Crippen molar-refractivity contribution in [2.75, 3.05) is 5.32 Å². The van der Waals surface area contributed by atoms with Crippen molar-refractivity contribution in [3.05, 3.63) is 42.2 Å². The molecule has 1 aromatic heterocycles. The molecule has 1 fully saturated rings. The van der Waals surface area contributed by atoms with E-state index in [2.05, 4.69) is 52.3 Å². The molecule has 1 aromatic carbocycles. The number of nitrogens with one attached hydrogen (secondary N) is 1. The van der Waals surface area contributed by atoms with E-state index in [4.69, 9.17) is 0 Å². The first-order valence-electron chi connectivity index (χ1n) is 8.26. The average Bonchev–Trinajstić information content (AvgIpc) is 2.99. The van der Waals surface area contributed by atoms with Gasteiger partial charge in [0.25, 0.3) is 0 Å². The third-order valence-corrected chi connectivity index (χ3v) is 4.42. The van der Waals surface area contributed by atoms with Crippen LogP contribution in [0.5, 0.6) is 0 Å². The molecule has 1 saturated carbocycles. The summed E-state index contributed by atoms with van der Waals surface area (Å²) in [6.45, 7) is 2.22. The largest absolute Gasteiger partial charge is 0.325 e. The van der Waals surface area contributed by atoms with Crippen molar-refractivity contribution in [3.8, 4) is 0 Å². The normalized spacial score (nSPS) is 16.0. The number of aryl methyl sites for hydroxylation is 1. The van der Waals surface area contributed by atoms with Crippen LogP contribution in [0.15, 0.2) is 36.7 Å². The van der Waals surface area contributed by atoms with Gasteiger partial charge in [-0.15, -0.1) is 0 Å². The minimum absolute atomic E-state index is 0.613. The summed E-state index contributed by atoms with van der Waals surface area (Å²) >= 11 is 0. The molecule has 0 spiro atoms. The molecule has 112 valence electrons. The molecule has 2 aromatic rings. The first kappa shape index (κ1) is 14.2. The molecule has 21 heavy (non-hydrogen) atoms. The molecule has 3 nitrogen and oxygen atoms in total. The predicted molar refractivity (Wildman–Crippen MR) is 88.1 cm³/mol. The monoisotopic (exact) mass is 283 g/mol. The molecule has 0 aliphatic heterocycles. The molecule has 0 unspecified atom stereocenters. The third-order valence-electron chi connectivity index (χ3n) is 4.42. The highest BCUT2D eigenvalue weighted by Crippen LogP contribution is 2.31. The first-order chi connectivity index (χ1) is 10.4. The maximum Gasteiger partial charge on any atom is 0.207 e. The molecule has 1 aliphatic rings. The van der Waals surface area contributed by atoms with Crippen molar-refractivity contribution >= 4 is 11.6 Å². The second-order valence-corrected chi connectivity index (χ2v) is 5.98. The van der Waals surface area contributed by atoms with E-state index < -0.39 is 0 Å². The van der Waals surface area contributed by atoms with E-state index >= 15 is 0 Å². The van der Waals surface area contributed by atoms with Crippen LogP contribution in [0.4, 0.5) is 11.6 Å². The molecule has 0 saturated heterocycles. The van der Waals surface area contributed by atoms with Crippen molar-refractivity contribution in [1.82, 2.24) is 9.55 Å². The molecule has 0 amide bonds. The Morgan fingerprint density at radius 1 is 1.19 bits per heavy atom. The number of aromatic nitrogens is 2. The zero-order valence-corrected chi connectivity index (χ0v) is 12.9. The Morgan fingerprint density at radius 3 is 2.81 bits per heavy atom. The number of hydrogen-bond acceptors (Lipinski definition) is 2. The van der Waals surface area contributed by atoms with Gasteiger partial charge < -0.3 is 9.88 Å². The summed E-state index contributed by atoms with van der Waals surface area (Å²) in [5, 5.41) is 3.56. The summed E-state index contributed by atoms with van der Waals surface area (Å²) in [4.78, 5) is 4.54. The van der Waals surface area contributed by atoms with Crippen molar-refractivity contribution in [1.29, 1.82) is 0 Å². The molecule has 3 heteroatoms. The van der Waals surface area contributed by atoms with Crippen LogP contribution in [-0.2, 0) is 6.42 Å². The van der Waals surface area contributed by atoms with Gasteiger partial charge in [0, 0.05) is 24.1 Å². The van der Waals surface area contributed by atoms with Crippen molar-refractivity contribution in [2.45, 2.75) is 57.9 Å². The highest BCUT2D eigenvalue weighted by molar-refractivity contribution is 5.58. The quantitative estimate of drug-likeness (QED) is 0.828. The van der Waals surface area contributed by atoms with Gasteiger partial charge in [0.15, 0.2) is 0 Å². The fourth-order valence-corrected chi connectivity index (χ4v) is 3.31. The van der Waals surface area contributed by atoms with Gasteiger partial charge in [-0.3, -0.25) is 0 Å². The third kappa shape index (κ3) is 3.29. The Bertz CT molecular complexity index is 567. The molecule has 0 bridgehead atoms. The lowest BCUT2D eigenvalue weighted by Crippen LogP contribution is -2.14. The number of anilines is 2. The minimum Gasteiger partial charge on any atom is -0.325 e. The maximum absolute atomic E-state index is 4.54. The van der Waals surface area contributed by atoms with E-state index in [1.54, 1.807) is 0 Å². The lowest BCUT2D eigenvalue weighted by molar-refractivity contribution is 0.356. The van der Waals surface area contributed by atoms with Crippen LogP contribution in [-0.4, -0.2) is 9.55 Å². The van der Waals surface area contributed by atoms with Gasteiger partial charge in [0.1, 0.15) is 0 Å². The SMILES string of the molecule is CCCc1ccccc1Nc1nccn1C1CCCCC1. The average molecular weight is 283 g/mol. The van der Waals surface area contributed by atoms with Crippen molar-refractivity contribution in [3.63, 3.8) is 0 Å². The van der Waals surface area contributed by atoms with E-state index in [-0.39, 0.29) is 0 Å². The van der Waals surface area contributed by atoms with Crippen LogP contribution in [0.1, 0.15) is 57.1 Å². The van der Waals surface area contributed by atoms with Crippen LogP contribution >= 0.6 is 0 Å². The van der Waals surface area contributed by atoms with Gasteiger partial charge in [-0.05, 0) is 30.9 Å². The zero-order chi connectivity index (χ0) is 14.5. The number of benzene rings is 1. The molecular formula is C18H25N3. The lowest BCUT2D eigenvalue weighted by atomic mass is 9.95. The molecular weight excluding hydrogens is 258 g/mol. The highest BCUT2D eigenvalue weighted by Gasteiger charge is 2.18. The van der Waals surface area contributed by atoms with Crippen LogP contribution in [0, 0.1) is 0 Å². The summed E-state index contributed by atoms with van der Waals surface area (Å²) in [5.74, 6) is 0.991. The maximum atomic E-state index is 4.54. The summed E-state index contributed by atoms with van der Waals surface area (Å²) in [5.41, 5.74) is 2.57. The second-order valence-electron chi connectivity index (χ2n) is 5.98. The minimum atomic E-state index is 0.613. The topological polar surface area (TPSA) is 29.9 Å². The van der Waals surface area contributed by atoms with Gasteiger partial charge >= 0.3 is 0 Å². The van der Waals surface area contributed by atoms with Crippen molar-refractivity contribution in [2.24, 2.45) is 0 Å². The standard InChI is InChI=1S/C18H25N3/c1-2-8-15-9-6-7-12-17(15)20-18-19-13-14-21(18)16-10-4-3-5-11-16/h6-7,9,12-14,16H,2-5,8,10-11H2,1H3,(H,19,20). The summed E-state index contributed by atoms with van der Waals surface area (Å²) in [6.07, 6.45) is 12.9. The van der Waals surface area contributed by atoms with Crippen LogP contribution < -0.4 is 5.32 Å². The van der Waals surface area contributed by atoms with Crippen LogP contribution in [0.25, 0.3) is 0 Å². The van der Waals surface area contributed by atoms with E-state index in [1.165, 1.54) is 43.4 Å². The molecule has 1 N–H and O–H groups in total. The van der Waals surface area contributed by atoms with E-state index in [0.29, 0.717) is 6.04 Å². The molecule has 0 radical (unpaired) electrons. The predicted octanol–water partition coefficient (Wildman–Crippen LogP) is 5.08. The molecule has 0 atom stereocenters. The number of para-hydroxylation sites is 1. The van der Waals surface area contributed by atoms with Crippen LogP contribution in [0.2, 0.25) is 0 Å². The Morgan fingerprint density at radius 2 is 2.00 bits per heavy atom. The van der Waals surface area contributed by atoms with Gasteiger partial charge in [0.2, 0.25) is 5.95 Å². The Labute approximate surface area is 127 Å². The van der Waals surface area contributed by atoms with Gasteiger partial charge in [-0.25, -0.2) is 4.98 Å². The van der Waals surface area contributed by atoms with Gasteiger partial charge in [0.05, 0.1) is 0 Å². The summed E-state index contributed by atoms with van der Waals surface area (Å²) < 4.78 is 2.34. The molecule has 1 aliphatic carbocycles. The number of imidazole rings is 1. The van der Waals surface area contributed by atoms with E-state index in [1.807, 2.05) is 6.20 Å². The molecule has 3 rings (SSSR count). The highest BCUT2D eigenvalue weighted by atomic mass is 15.2. The van der Waals surface area contributed by atoms with Crippen molar-refractivity contribution < 1.29 is 0 Å². The molecule has 1 heterocycles. The summed E-state index contributed by atoms with van der Waals surface area (Å²) in [6, 6.07) is 9.19. The summed E-state index contributed by atoms with van der Waals surface area (Å²) in [7, 11) is 0. The number of nitrogens with zero attached hydrogens (tertiary/aromatic N) is 2. The second kappa shape index (κ2) is 6.79. The smallest absolute Gasteiger partial charge is 0.207 e. The fraction of sp³-hybridized carbons (Fsp3) is 0.500. The van der Waals surface area contributed by atoms with E-state index in [0.717, 1.165) is 18.8 Å².